The molecule has 2 aliphatic rings. The number of rotatable bonds is 4. The van der Waals surface area contributed by atoms with Crippen LogP contribution < -0.4 is 5.32 Å². The Morgan fingerprint density at radius 2 is 1.94 bits per heavy atom. The zero-order valence-corrected chi connectivity index (χ0v) is 10.3. The maximum atomic E-state index is 11.6. The van der Waals surface area contributed by atoms with Crippen LogP contribution in [0.3, 0.4) is 0 Å². The molecule has 5 nitrogen and oxygen atoms in total. The summed E-state index contributed by atoms with van der Waals surface area (Å²) in [6, 6.07) is 0.0512. The van der Waals surface area contributed by atoms with Gasteiger partial charge in [-0.3, -0.25) is 4.79 Å². The van der Waals surface area contributed by atoms with Crippen LogP contribution in [0.2, 0.25) is 0 Å². The Balaban J connectivity index is 1.56. The molecule has 17 heavy (non-hydrogen) atoms. The summed E-state index contributed by atoms with van der Waals surface area (Å²) >= 11 is 0. The van der Waals surface area contributed by atoms with Crippen molar-refractivity contribution >= 4 is 11.9 Å². The lowest BCUT2D eigenvalue weighted by Crippen LogP contribution is -2.39. The fourth-order valence-electron chi connectivity index (χ4n) is 2.44. The zero-order chi connectivity index (χ0) is 12.1. The molecule has 3 amide bonds. The fraction of sp³-hybridized carbons (Fsp3) is 0.833. The van der Waals surface area contributed by atoms with E-state index >= 15 is 0 Å². The molecule has 2 rings (SSSR count). The van der Waals surface area contributed by atoms with Crippen LogP contribution in [0, 0.1) is 0 Å². The van der Waals surface area contributed by atoms with Crippen LogP contribution in [-0.2, 0) is 4.79 Å². The second-order valence-electron chi connectivity index (χ2n) is 4.76. The van der Waals surface area contributed by atoms with Gasteiger partial charge in [-0.25, -0.2) is 4.79 Å². The summed E-state index contributed by atoms with van der Waals surface area (Å²) in [5.74, 6) is 0.260. The summed E-state index contributed by atoms with van der Waals surface area (Å²) in [5.41, 5.74) is 0. The third-order valence-corrected chi connectivity index (χ3v) is 3.45. The van der Waals surface area contributed by atoms with E-state index in [0.717, 1.165) is 51.9 Å². The predicted molar refractivity (Wildman–Crippen MR) is 64.6 cm³/mol. The Morgan fingerprint density at radius 1 is 1.18 bits per heavy atom. The smallest absolute Gasteiger partial charge is 0.317 e. The summed E-state index contributed by atoms with van der Waals surface area (Å²) in [6.45, 7) is 4.10. The molecular formula is C12H21N3O2. The molecule has 0 aromatic carbocycles. The van der Waals surface area contributed by atoms with E-state index in [2.05, 4.69) is 5.32 Å². The van der Waals surface area contributed by atoms with Crippen LogP contribution in [0.4, 0.5) is 4.79 Å². The first-order chi connectivity index (χ1) is 8.27. The number of carbonyl (C=O) groups is 2. The van der Waals surface area contributed by atoms with E-state index in [-0.39, 0.29) is 11.9 Å². The van der Waals surface area contributed by atoms with Crippen molar-refractivity contribution in [3.8, 4) is 0 Å². The van der Waals surface area contributed by atoms with E-state index in [9.17, 15) is 9.59 Å². The maximum Gasteiger partial charge on any atom is 0.317 e. The second kappa shape index (κ2) is 5.89. The van der Waals surface area contributed by atoms with Crippen LogP contribution in [-0.4, -0.2) is 54.5 Å². The SMILES string of the molecule is O=C1CCCN1CCCNC(=O)N1CCCC1. The molecule has 2 aliphatic heterocycles. The molecule has 2 saturated heterocycles. The monoisotopic (exact) mass is 239 g/mol. The van der Waals surface area contributed by atoms with Crippen molar-refractivity contribution in [1.82, 2.24) is 15.1 Å². The molecule has 5 heteroatoms. The summed E-state index contributed by atoms with van der Waals surface area (Å²) in [4.78, 5) is 26.7. The lowest BCUT2D eigenvalue weighted by atomic mass is 10.4. The van der Waals surface area contributed by atoms with Crippen molar-refractivity contribution in [2.75, 3.05) is 32.7 Å². The normalized spacial score (nSPS) is 20.1. The third-order valence-electron chi connectivity index (χ3n) is 3.45. The lowest BCUT2D eigenvalue weighted by Gasteiger charge is -2.18. The molecule has 1 N–H and O–H groups in total. The molecule has 0 aromatic rings. The average Bonchev–Trinajstić information content (AvgIpc) is 2.96. The Labute approximate surface area is 102 Å². The van der Waals surface area contributed by atoms with Crippen LogP contribution in [0.25, 0.3) is 0 Å². The van der Waals surface area contributed by atoms with Gasteiger partial charge < -0.3 is 15.1 Å². The minimum Gasteiger partial charge on any atom is -0.343 e. The largest absolute Gasteiger partial charge is 0.343 e. The van der Waals surface area contributed by atoms with Crippen LogP contribution >= 0.6 is 0 Å². The van der Waals surface area contributed by atoms with Crippen molar-refractivity contribution in [2.45, 2.75) is 32.1 Å². The van der Waals surface area contributed by atoms with Gasteiger partial charge in [0.15, 0.2) is 0 Å². The Morgan fingerprint density at radius 3 is 2.59 bits per heavy atom. The van der Waals surface area contributed by atoms with Gasteiger partial charge in [0.25, 0.3) is 0 Å². The molecule has 0 atom stereocenters. The van der Waals surface area contributed by atoms with Gasteiger partial charge in [0.2, 0.25) is 5.91 Å². The molecule has 0 aliphatic carbocycles. The van der Waals surface area contributed by atoms with E-state index in [1.165, 1.54) is 0 Å². The highest BCUT2D eigenvalue weighted by molar-refractivity contribution is 5.78. The van der Waals surface area contributed by atoms with E-state index in [1.807, 2.05) is 9.80 Å². The number of urea groups is 1. The van der Waals surface area contributed by atoms with Crippen molar-refractivity contribution in [3.05, 3.63) is 0 Å². The number of likely N-dealkylation sites (tertiary alicyclic amines) is 2. The number of nitrogens with one attached hydrogen (secondary N) is 1. The van der Waals surface area contributed by atoms with Gasteiger partial charge in [0.1, 0.15) is 0 Å². The summed E-state index contributed by atoms with van der Waals surface area (Å²) < 4.78 is 0. The van der Waals surface area contributed by atoms with Crippen LogP contribution in [0.1, 0.15) is 32.1 Å². The highest BCUT2D eigenvalue weighted by atomic mass is 16.2. The minimum absolute atomic E-state index is 0.0512. The quantitative estimate of drug-likeness (QED) is 0.738. The molecule has 2 heterocycles. The molecule has 2 fully saturated rings. The lowest BCUT2D eigenvalue weighted by molar-refractivity contribution is -0.127. The molecule has 0 unspecified atom stereocenters. The number of amides is 3. The van der Waals surface area contributed by atoms with E-state index in [4.69, 9.17) is 0 Å². The summed E-state index contributed by atoms with van der Waals surface area (Å²) in [7, 11) is 0. The fourth-order valence-corrected chi connectivity index (χ4v) is 2.44. The minimum atomic E-state index is 0.0512. The standard InChI is InChI=1S/C12H21N3O2/c16-11-5-3-9-14(11)10-4-6-13-12(17)15-7-1-2-8-15/h1-10H2,(H,13,17). The van der Waals surface area contributed by atoms with Gasteiger partial charge in [-0.15, -0.1) is 0 Å². The molecule has 0 aromatic heterocycles. The molecule has 0 saturated carbocycles. The highest BCUT2D eigenvalue weighted by Gasteiger charge is 2.20. The van der Waals surface area contributed by atoms with Crippen molar-refractivity contribution in [3.63, 3.8) is 0 Å². The Bertz CT molecular complexity index is 287. The number of nitrogens with zero attached hydrogens (tertiary/aromatic N) is 2. The first kappa shape index (κ1) is 12.2. The number of hydrogen-bond acceptors (Lipinski definition) is 2. The first-order valence-corrected chi connectivity index (χ1v) is 6.58. The Hall–Kier alpha value is -1.26. The molecule has 0 bridgehead atoms. The Kier molecular flexibility index (Phi) is 4.23. The molecular weight excluding hydrogens is 218 g/mol. The van der Waals surface area contributed by atoms with Gasteiger partial charge in [-0.2, -0.15) is 0 Å². The van der Waals surface area contributed by atoms with Crippen molar-refractivity contribution < 1.29 is 9.59 Å². The number of hydrogen-bond donors (Lipinski definition) is 1. The van der Waals surface area contributed by atoms with Crippen molar-refractivity contribution in [1.29, 1.82) is 0 Å². The first-order valence-electron chi connectivity index (χ1n) is 6.58. The molecule has 0 radical (unpaired) electrons. The van der Waals surface area contributed by atoms with Crippen molar-refractivity contribution in [2.24, 2.45) is 0 Å². The summed E-state index contributed by atoms with van der Waals surface area (Å²) in [6.07, 6.45) is 4.77. The van der Waals surface area contributed by atoms with Gasteiger partial charge in [-0.05, 0) is 25.7 Å². The van der Waals surface area contributed by atoms with Gasteiger partial charge in [-0.1, -0.05) is 0 Å². The van der Waals surface area contributed by atoms with Gasteiger partial charge >= 0.3 is 6.03 Å². The third kappa shape index (κ3) is 3.35. The van der Waals surface area contributed by atoms with E-state index < -0.39 is 0 Å². The summed E-state index contributed by atoms with van der Waals surface area (Å²) in [5, 5.41) is 2.91. The highest BCUT2D eigenvalue weighted by Crippen LogP contribution is 2.09. The van der Waals surface area contributed by atoms with Gasteiger partial charge in [0, 0.05) is 39.1 Å². The zero-order valence-electron chi connectivity index (χ0n) is 10.3. The topological polar surface area (TPSA) is 52.7 Å². The van der Waals surface area contributed by atoms with E-state index in [0.29, 0.717) is 13.0 Å². The van der Waals surface area contributed by atoms with Crippen LogP contribution in [0.15, 0.2) is 0 Å². The maximum absolute atomic E-state index is 11.6. The van der Waals surface area contributed by atoms with Crippen LogP contribution in [0.5, 0.6) is 0 Å². The second-order valence-corrected chi connectivity index (χ2v) is 4.76. The predicted octanol–water partition coefficient (Wildman–Crippen LogP) is 0.804. The van der Waals surface area contributed by atoms with E-state index in [1.54, 1.807) is 0 Å². The number of carbonyl (C=O) groups excluding carboxylic acids is 2. The molecule has 0 spiro atoms. The van der Waals surface area contributed by atoms with Gasteiger partial charge in [0.05, 0.1) is 0 Å². The molecule has 96 valence electrons. The average molecular weight is 239 g/mol.